The fraction of sp³-hybridized carbons (Fsp3) is 0.364. The van der Waals surface area contributed by atoms with E-state index >= 15 is 0 Å². The van der Waals surface area contributed by atoms with E-state index in [0.717, 1.165) is 5.56 Å². The van der Waals surface area contributed by atoms with Crippen molar-refractivity contribution >= 4 is 0 Å². The molecule has 0 unspecified atom stereocenters. The summed E-state index contributed by atoms with van der Waals surface area (Å²) in [4.78, 5) is 0. The third-order valence-corrected chi connectivity index (χ3v) is 1.95. The zero-order chi connectivity index (χ0) is 9.68. The summed E-state index contributed by atoms with van der Waals surface area (Å²) in [7, 11) is 0. The number of ether oxygens (including phenoxy) is 1. The quantitative estimate of drug-likeness (QED) is 0.662. The maximum Gasteiger partial charge on any atom is 0.286 e. The molecule has 0 fully saturated rings. The monoisotopic (exact) mass is 175 g/mol. The maximum atomic E-state index is 8.20. The van der Waals surface area contributed by atoms with E-state index in [1.54, 1.807) is 6.26 Å². The van der Waals surface area contributed by atoms with Crippen LogP contribution in [-0.4, -0.2) is 0 Å². The first-order valence-corrected chi connectivity index (χ1v) is 4.33. The minimum atomic E-state index is 0.370. The predicted octanol–water partition coefficient (Wildman–Crippen LogP) is 2.81. The van der Waals surface area contributed by atoms with E-state index < -0.39 is 0 Å². The van der Waals surface area contributed by atoms with Crippen molar-refractivity contribution in [2.45, 2.75) is 26.4 Å². The van der Waals surface area contributed by atoms with E-state index in [4.69, 9.17) is 5.26 Å². The molecule has 0 aromatic heterocycles. The Morgan fingerprint density at radius 3 is 2.38 bits per heavy atom. The summed E-state index contributed by atoms with van der Waals surface area (Å²) in [5.41, 5.74) is 2.34. The molecule has 1 rings (SSSR count). The number of rotatable bonds is 3. The molecule has 1 aromatic carbocycles. The summed E-state index contributed by atoms with van der Waals surface area (Å²) in [5.74, 6) is 0.547. The fourth-order valence-electron chi connectivity index (χ4n) is 1.11. The molecule has 0 aliphatic carbocycles. The van der Waals surface area contributed by atoms with Crippen molar-refractivity contribution in [1.82, 2.24) is 0 Å². The van der Waals surface area contributed by atoms with Crippen molar-refractivity contribution < 1.29 is 4.74 Å². The molecule has 68 valence electrons. The maximum absolute atomic E-state index is 8.20. The molecule has 0 aliphatic rings. The summed E-state index contributed by atoms with van der Waals surface area (Å²) in [5, 5.41) is 8.20. The van der Waals surface area contributed by atoms with Gasteiger partial charge in [-0.2, -0.15) is 5.26 Å². The Hall–Kier alpha value is -1.49. The molecule has 0 saturated heterocycles. The second-order valence-corrected chi connectivity index (χ2v) is 3.28. The lowest BCUT2D eigenvalue weighted by Gasteiger charge is -2.05. The summed E-state index contributed by atoms with van der Waals surface area (Å²) in [6, 6.07) is 8.13. The smallest absolute Gasteiger partial charge is 0.286 e. The van der Waals surface area contributed by atoms with Crippen LogP contribution < -0.4 is 0 Å². The summed E-state index contributed by atoms with van der Waals surface area (Å²) in [6.07, 6.45) is 1.65. The normalized spacial score (nSPS) is 9.69. The van der Waals surface area contributed by atoms with Crippen LogP contribution in [0.4, 0.5) is 0 Å². The summed E-state index contributed by atoms with van der Waals surface area (Å²) < 4.78 is 4.63. The largest absolute Gasteiger partial charge is 0.423 e. The van der Waals surface area contributed by atoms with Crippen LogP contribution in [0.5, 0.6) is 0 Å². The SMILES string of the molecule is CC(C)c1ccc(COC#N)cc1. The van der Waals surface area contributed by atoms with Crippen LogP contribution in [0, 0.1) is 11.5 Å². The predicted molar refractivity (Wildman–Crippen MR) is 50.9 cm³/mol. The molecule has 0 radical (unpaired) electrons. The highest BCUT2D eigenvalue weighted by molar-refractivity contribution is 5.24. The van der Waals surface area contributed by atoms with Gasteiger partial charge in [0, 0.05) is 0 Å². The number of hydrogen-bond acceptors (Lipinski definition) is 2. The first-order valence-electron chi connectivity index (χ1n) is 4.33. The Labute approximate surface area is 78.8 Å². The lowest BCUT2D eigenvalue weighted by molar-refractivity contribution is 0.257. The molecular weight excluding hydrogens is 162 g/mol. The number of nitrogens with zero attached hydrogens (tertiary/aromatic N) is 1. The lowest BCUT2D eigenvalue weighted by atomic mass is 10.0. The standard InChI is InChI=1S/C11H13NO/c1-9(2)11-5-3-10(4-6-11)7-13-8-12/h3-6,9H,7H2,1-2H3. The van der Waals surface area contributed by atoms with Crippen molar-refractivity contribution in [2.75, 3.05) is 0 Å². The summed E-state index contributed by atoms with van der Waals surface area (Å²) in [6.45, 7) is 4.68. The average molecular weight is 175 g/mol. The van der Waals surface area contributed by atoms with Gasteiger partial charge < -0.3 is 4.74 Å². The molecule has 13 heavy (non-hydrogen) atoms. The van der Waals surface area contributed by atoms with Gasteiger partial charge in [0.15, 0.2) is 0 Å². The molecule has 0 spiro atoms. The average Bonchev–Trinajstić information content (AvgIpc) is 2.15. The molecule has 0 heterocycles. The molecule has 1 aromatic rings. The lowest BCUT2D eigenvalue weighted by Crippen LogP contribution is -1.90. The zero-order valence-corrected chi connectivity index (χ0v) is 7.95. The van der Waals surface area contributed by atoms with Crippen molar-refractivity contribution in [3.8, 4) is 6.26 Å². The minimum absolute atomic E-state index is 0.370. The Morgan fingerprint density at radius 1 is 1.31 bits per heavy atom. The number of hydrogen-bond donors (Lipinski definition) is 0. The van der Waals surface area contributed by atoms with Crippen LogP contribution in [0.1, 0.15) is 30.9 Å². The Kier molecular flexibility index (Phi) is 3.33. The molecule has 0 N–H and O–H groups in total. The number of benzene rings is 1. The zero-order valence-electron chi connectivity index (χ0n) is 7.95. The van der Waals surface area contributed by atoms with E-state index in [9.17, 15) is 0 Å². The van der Waals surface area contributed by atoms with Crippen molar-refractivity contribution in [3.63, 3.8) is 0 Å². The molecule has 0 amide bonds. The van der Waals surface area contributed by atoms with Crippen LogP contribution >= 0.6 is 0 Å². The van der Waals surface area contributed by atoms with Gasteiger partial charge in [-0.15, -0.1) is 0 Å². The van der Waals surface area contributed by atoms with Crippen LogP contribution in [0.2, 0.25) is 0 Å². The van der Waals surface area contributed by atoms with Gasteiger partial charge in [-0.25, -0.2) is 0 Å². The molecular formula is C11H13NO. The van der Waals surface area contributed by atoms with Gasteiger partial charge >= 0.3 is 0 Å². The highest BCUT2D eigenvalue weighted by Gasteiger charge is 1.98. The van der Waals surface area contributed by atoms with Crippen LogP contribution in [0.15, 0.2) is 24.3 Å². The van der Waals surface area contributed by atoms with Gasteiger partial charge in [0.25, 0.3) is 6.26 Å². The topological polar surface area (TPSA) is 33.0 Å². The Bertz CT molecular complexity index is 295. The third kappa shape index (κ3) is 2.79. The van der Waals surface area contributed by atoms with E-state index in [2.05, 4.69) is 30.7 Å². The molecule has 2 heteroatoms. The molecule has 0 atom stereocenters. The Morgan fingerprint density at radius 2 is 1.92 bits per heavy atom. The van der Waals surface area contributed by atoms with E-state index in [-0.39, 0.29) is 0 Å². The van der Waals surface area contributed by atoms with Gasteiger partial charge in [0.1, 0.15) is 6.61 Å². The molecule has 0 bridgehead atoms. The van der Waals surface area contributed by atoms with Crippen molar-refractivity contribution in [3.05, 3.63) is 35.4 Å². The van der Waals surface area contributed by atoms with Gasteiger partial charge in [-0.1, -0.05) is 38.1 Å². The van der Waals surface area contributed by atoms with Crippen molar-refractivity contribution in [2.24, 2.45) is 0 Å². The van der Waals surface area contributed by atoms with E-state index in [1.165, 1.54) is 5.56 Å². The first-order chi connectivity index (χ1) is 6.24. The molecule has 2 nitrogen and oxygen atoms in total. The molecule has 0 saturated carbocycles. The summed E-state index contributed by atoms with van der Waals surface area (Å²) >= 11 is 0. The highest BCUT2D eigenvalue weighted by Crippen LogP contribution is 2.14. The second kappa shape index (κ2) is 4.51. The van der Waals surface area contributed by atoms with Crippen LogP contribution in [-0.2, 0) is 11.3 Å². The molecule has 0 aliphatic heterocycles. The van der Waals surface area contributed by atoms with Gasteiger partial charge in [0.2, 0.25) is 0 Å². The fourth-order valence-corrected chi connectivity index (χ4v) is 1.11. The van der Waals surface area contributed by atoms with Crippen LogP contribution in [0.3, 0.4) is 0 Å². The van der Waals surface area contributed by atoms with E-state index in [1.807, 2.05) is 12.1 Å². The van der Waals surface area contributed by atoms with Gasteiger partial charge in [-0.05, 0) is 17.0 Å². The van der Waals surface area contributed by atoms with Crippen molar-refractivity contribution in [1.29, 1.82) is 5.26 Å². The van der Waals surface area contributed by atoms with Gasteiger partial charge in [-0.3, -0.25) is 0 Å². The Balaban J connectivity index is 2.65. The highest BCUT2D eigenvalue weighted by atomic mass is 16.5. The van der Waals surface area contributed by atoms with E-state index in [0.29, 0.717) is 12.5 Å². The number of nitriles is 1. The second-order valence-electron chi connectivity index (χ2n) is 3.28. The van der Waals surface area contributed by atoms with Gasteiger partial charge in [0.05, 0.1) is 0 Å². The minimum Gasteiger partial charge on any atom is -0.423 e. The third-order valence-electron chi connectivity index (χ3n) is 1.95. The van der Waals surface area contributed by atoms with Crippen LogP contribution in [0.25, 0.3) is 0 Å². The first kappa shape index (κ1) is 9.60.